The summed E-state index contributed by atoms with van der Waals surface area (Å²) in [5.74, 6) is -0.208. The van der Waals surface area contributed by atoms with Crippen molar-refractivity contribution in [3.05, 3.63) is 35.8 Å². The van der Waals surface area contributed by atoms with Crippen LogP contribution in [0.3, 0.4) is 0 Å². The lowest BCUT2D eigenvalue weighted by Crippen LogP contribution is -2.02. The van der Waals surface area contributed by atoms with Crippen molar-refractivity contribution in [1.82, 2.24) is 4.98 Å². The molecule has 0 spiro atoms. The highest BCUT2D eigenvalue weighted by Gasteiger charge is 2.03. The smallest absolute Gasteiger partial charge is 0.147 e. The molecule has 3 N–H and O–H groups in total. The molecule has 0 fully saturated rings. The van der Waals surface area contributed by atoms with Crippen molar-refractivity contribution < 1.29 is 4.39 Å². The van der Waals surface area contributed by atoms with Crippen LogP contribution in [0.5, 0.6) is 0 Å². The van der Waals surface area contributed by atoms with Gasteiger partial charge in [-0.25, -0.2) is 4.39 Å². The van der Waals surface area contributed by atoms with Crippen molar-refractivity contribution >= 4 is 10.9 Å². The predicted octanol–water partition coefficient (Wildman–Crippen LogP) is 1.81. The molecule has 2 aromatic rings. The van der Waals surface area contributed by atoms with Crippen molar-refractivity contribution in [3.63, 3.8) is 0 Å². The highest BCUT2D eigenvalue weighted by atomic mass is 19.1. The van der Waals surface area contributed by atoms with Gasteiger partial charge in [0.25, 0.3) is 0 Å². The van der Waals surface area contributed by atoms with E-state index in [1.54, 1.807) is 6.07 Å². The number of benzene rings is 1. The number of hydrogen-bond donors (Lipinski definition) is 2. The molecule has 13 heavy (non-hydrogen) atoms. The number of nitrogens with two attached hydrogens (primary N) is 1. The van der Waals surface area contributed by atoms with Crippen LogP contribution in [0, 0.1) is 5.82 Å². The third-order valence-electron chi connectivity index (χ3n) is 2.07. The van der Waals surface area contributed by atoms with Crippen molar-refractivity contribution in [2.45, 2.75) is 6.42 Å². The van der Waals surface area contributed by atoms with Crippen LogP contribution in [0.25, 0.3) is 10.9 Å². The minimum atomic E-state index is -0.208. The SMILES string of the molecule is NCCc1cc2cccc(F)c2[nH]1. The van der Waals surface area contributed by atoms with Crippen molar-refractivity contribution in [3.8, 4) is 0 Å². The maximum Gasteiger partial charge on any atom is 0.147 e. The van der Waals surface area contributed by atoms with Gasteiger partial charge in [0.1, 0.15) is 5.82 Å². The molecule has 1 heterocycles. The van der Waals surface area contributed by atoms with Gasteiger partial charge in [-0.15, -0.1) is 0 Å². The van der Waals surface area contributed by atoms with E-state index >= 15 is 0 Å². The van der Waals surface area contributed by atoms with Crippen LogP contribution in [0.2, 0.25) is 0 Å². The molecule has 2 rings (SSSR count). The second-order valence-corrected chi connectivity index (χ2v) is 3.04. The number of rotatable bonds is 2. The molecule has 0 saturated heterocycles. The Morgan fingerprint density at radius 2 is 2.23 bits per heavy atom. The number of nitrogens with one attached hydrogen (secondary N) is 1. The number of fused-ring (bicyclic) bond motifs is 1. The van der Waals surface area contributed by atoms with Crippen LogP contribution in [-0.4, -0.2) is 11.5 Å². The number of halogens is 1. The molecule has 0 atom stereocenters. The van der Waals surface area contributed by atoms with E-state index in [9.17, 15) is 4.39 Å². The molecular formula is C10H11FN2. The van der Waals surface area contributed by atoms with Crippen LogP contribution in [-0.2, 0) is 6.42 Å². The first kappa shape index (κ1) is 8.26. The number of H-pyrrole nitrogens is 1. The fourth-order valence-corrected chi connectivity index (χ4v) is 1.47. The lowest BCUT2D eigenvalue weighted by atomic mass is 10.2. The van der Waals surface area contributed by atoms with Crippen molar-refractivity contribution in [2.24, 2.45) is 5.73 Å². The molecule has 3 heteroatoms. The van der Waals surface area contributed by atoms with Crippen LogP contribution in [0.15, 0.2) is 24.3 Å². The van der Waals surface area contributed by atoms with E-state index in [0.29, 0.717) is 12.1 Å². The Bertz CT molecular complexity index is 420. The largest absolute Gasteiger partial charge is 0.356 e. The van der Waals surface area contributed by atoms with Crippen molar-refractivity contribution in [2.75, 3.05) is 6.54 Å². The number of aromatic nitrogens is 1. The number of aromatic amines is 1. The lowest BCUT2D eigenvalue weighted by molar-refractivity contribution is 0.637. The van der Waals surface area contributed by atoms with Gasteiger partial charge in [-0.3, -0.25) is 0 Å². The topological polar surface area (TPSA) is 41.8 Å². The van der Waals surface area contributed by atoms with Gasteiger partial charge >= 0.3 is 0 Å². The Balaban J connectivity index is 2.55. The Hall–Kier alpha value is -1.35. The lowest BCUT2D eigenvalue weighted by Gasteiger charge is -1.91. The summed E-state index contributed by atoms with van der Waals surface area (Å²) >= 11 is 0. The quantitative estimate of drug-likeness (QED) is 0.723. The fraction of sp³-hybridized carbons (Fsp3) is 0.200. The average Bonchev–Trinajstić information content (AvgIpc) is 2.49. The molecule has 0 aliphatic rings. The third-order valence-corrected chi connectivity index (χ3v) is 2.07. The zero-order valence-corrected chi connectivity index (χ0v) is 7.18. The van der Waals surface area contributed by atoms with Gasteiger partial charge in [0, 0.05) is 11.1 Å². The van der Waals surface area contributed by atoms with Gasteiger partial charge in [0.05, 0.1) is 5.52 Å². The minimum absolute atomic E-state index is 0.208. The zero-order valence-electron chi connectivity index (χ0n) is 7.18. The number of hydrogen-bond acceptors (Lipinski definition) is 1. The Morgan fingerprint density at radius 1 is 1.38 bits per heavy atom. The van der Waals surface area contributed by atoms with Crippen LogP contribution in [0.4, 0.5) is 4.39 Å². The van der Waals surface area contributed by atoms with E-state index in [4.69, 9.17) is 5.73 Å². The van der Waals surface area contributed by atoms with Crippen LogP contribution >= 0.6 is 0 Å². The second-order valence-electron chi connectivity index (χ2n) is 3.04. The molecule has 0 bridgehead atoms. The average molecular weight is 178 g/mol. The van der Waals surface area contributed by atoms with Gasteiger partial charge in [-0.2, -0.15) is 0 Å². The second kappa shape index (κ2) is 3.18. The summed E-state index contributed by atoms with van der Waals surface area (Å²) in [6.45, 7) is 0.578. The summed E-state index contributed by atoms with van der Waals surface area (Å²) < 4.78 is 13.2. The first-order valence-electron chi connectivity index (χ1n) is 4.27. The molecule has 2 nitrogen and oxygen atoms in total. The standard InChI is InChI=1S/C10H11FN2/c11-9-3-1-2-7-6-8(4-5-12)13-10(7)9/h1-3,6,13H,4-5,12H2. The molecular weight excluding hydrogens is 167 g/mol. The molecule has 1 aromatic carbocycles. The fourth-order valence-electron chi connectivity index (χ4n) is 1.47. The maximum absolute atomic E-state index is 13.2. The Labute approximate surface area is 75.6 Å². The zero-order chi connectivity index (χ0) is 9.26. The van der Waals surface area contributed by atoms with Gasteiger partial charge in [-0.1, -0.05) is 12.1 Å². The van der Waals surface area contributed by atoms with Gasteiger partial charge < -0.3 is 10.7 Å². The highest BCUT2D eigenvalue weighted by Crippen LogP contribution is 2.18. The molecule has 0 amide bonds. The van der Waals surface area contributed by atoms with E-state index in [1.165, 1.54) is 6.07 Å². The predicted molar refractivity (Wildman–Crippen MR) is 51.0 cm³/mol. The normalized spacial score (nSPS) is 10.9. The molecule has 0 radical (unpaired) electrons. The summed E-state index contributed by atoms with van der Waals surface area (Å²) in [6.07, 6.45) is 0.758. The van der Waals surface area contributed by atoms with Crippen LogP contribution in [0.1, 0.15) is 5.69 Å². The monoisotopic (exact) mass is 178 g/mol. The molecule has 1 aromatic heterocycles. The van der Waals surface area contributed by atoms with E-state index in [-0.39, 0.29) is 5.82 Å². The first-order valence-corrected chi connectivity index (χ1v) is 4.27. The molecule has 68 valence electrons. The summed E-state index contributed by atoms with van der Waals surface area (Å²) in [7, 11) is 0. The van der Waals surface area contributed by atoms with Crippen molar-refractivity contribution in [1.29, 1.82) is 0 Å². The minimum Gasteiger partial charge on any atom is -0.356 e. The molecule has 0 saturated carbocycles. The van der Waals surface area contributed by atoms with E-state index in [1.807, 2.05) is 12.1 Å². The first-order chi connectivity index (χ1) is 6.31. The maximum atomic E-state index is 13.2. The van der Waals surface area contributed by atoms with Crippen LogP contribution < -0.4 is 5.73 Å². The number of para-hydroxylation sites is 1. The molecule has 0 aliphatic carbocycles. The van der Waals surface area contributed by atoms with E-state index in [2.05, 4.69) is 4.98 Å². The highest BCUT2D eigenvalue weighted by molar-refractivity contribution is 5.80. The van der Waals surface area contributed by atoms with Gasteiger partial charge in [0.15, 0.2) is 0 Å². The Kier molecular flexibility index (Phi) is 2.02. The summed E-state index contributed by atoms with van der Waals surface area (Å²) in [6, 6.07) is 6.98. The van der Waals surface area contributed by atoms with E-state index in [0.717, 1.165) is 17.5 Å². The summed E-state index contributed by atoms with van der Waals surface area (Å²) in [5.41, 5.74) is 6.97. The Morgan fingerprint density at radius 3 is 2.92 bits per heavy atom. The van der Waals surface area contributed by atoms with E-state index < -0.39 is 0 Å². The van der Waals surface area contributed by atoms with Gasteiger partial charge in [-0.05, 0) is 25.1 Å². The van der Waals surface area contributed by atoms with Gasteiger partial charge in [0.2, 0.25) is 0 Å². The molecule has 0 aliphatic heterocycles. The summed E-state index contributed by atoms with van der Waals surface area (Å²) in [5, 5.41) is 0.906. The third kappa shape index (κ3) is 1.42. The molecule has 0 unspecified atom stereocenters. The summed E-state index contributed by atoms with van der Waals surface area (Å²) in [4.78, 5) is 3.01.